The minimum atomic E-state index is -0.692. The molecule has 1 fully saturated rings. The third kappa shape index (κ3) is 5.63. The highest BCUT2D eigenvalue weighted by atomic mass is 19.1. The van der Waals surface area contributed by atoms with Crippen LogP contribution in [-0.4, -0.2) is 86.6 Å². The monoisotopic (exact) mass is 633 g/mol. The number of nitrogens with one attached hydrogen (secondary N) is 1. The number of amides is 1. The maximum atomic E-state index is 16.0. The van der Waals surface area contributed by atoms with Crippen LogP contribution < -0.4 is 20.7 Å². The van der Waals surface area contributed by atoms with Crippen LogP contribution >= 0.6 is 0 Å². The number of halogens is 2. The summed E-state index contributed by atoms with van der Waals surface area (Å²) in [6, 6.07) is 5.12. The molecule has 0 saturated carbocycles. The molecule has 0 bridgehead atoms. The topological polar surface area (TPSA) is 158 Å². The van der Waals surface area contributed by atoms with Crippen molar-refractivity contribution in [2.75, 3.05) is 44.2 Å². The van der Waals surface area contributed by atoms with Gasteiger partial charge in [-0.1, -0.05) is 0 Å². The van der Waals surface area contributed by atoms with Gasteiger partial charge in [0.05, 0.1) is 62.2 Å². The highest BCUT2D eigenvalue weighted by molar-refractivity contribution is 6.09. The molecule has 1 aliphatic heterocycles. The van der Waals surface area contributed by atoms with Gasteiger partial charge in [-0.25, -0.2) is 18.7 Å². The Morgan fingerprint density at radius 1 is 1.20 bits per heavy atom. The van der Waals surface area contributed by atoms with Crippen molar-refractivity contribution in [2.45, 2.75) is 25.0 Å². The number of fused-ring (bicyclic) bond motifs is 1. The summed E-state index contributed by atoms with van der Waals surface area (Å²) in [5, 5.41) is 21.8. The second kappa shape index (κ2) is 12.8. The summed E-state index contributed by atoms with van der Waals surface area (Å²) in [6.07, 6.45) is 6.55. The molecule has 0 aliphatic carbocycles. The molecule has 13 nitrogen and oxygen atoms in total. The SMILES string of the molecule is COCCn1ncc2c(N3C[C@@H](N)C[C@H]3CO)c(NC(=O)c3ccnc(-c4c(OC)ccc(-c5cnn(C)c5)c4F)n3)cc(F)c21. The Kier molecular flexibility index (Phi) is 8.62. The predicted octanol–water partition coefficient (Wildman–Crippen LogP) is 2.98. The molecule has 2 atom stereocenters. The Bertz CT molecular complexity index is 1910. The number of aliphatic hydroxyl groups is 1. The number of rotatable bonds is 10. The number of carbonyl (C=O) groups excluding carboxylic acids is 1. The van der Waals surface area contributed by atoms with Crippen molar-refractivity contribution in [3.05, 3.63) is 66.4 Å². The maximum Gasteiger partial charge on any atom is 0.274 e. The first-order chi connectivity index (χ1) is 22.2. The molecule has 5 aromatic rings. The number of anilines is 2. The van der Waals surface area contributed by atoms with Crippen LogP contribution in [0.25, 0.3) is 33.4 Å². The molecule has 1 aliphatic rings. The zero-order chi connectivity index (χ0) is 32.5. The average Bonchev–Trinajstić information content (AvgIpc) is 3.78. The molecule has 4 heterocycles. The van der Waals surface area contributed by atoms with Crippen molar-refractivity contribution >= 4 is 28.2 Å². The molecule has 0 radical (unpaired) electrons. The summed E-state index contributed by atoms with van der Waals surface area (Å²) in [5.74, 6) is -1.87. The summed E-state index contributed by atoms with van der Waals surface area (Å²) in [7, 11) is 4.66. The van der Waals surface area contributed by atoms with Gasteiger partial charge in [-0.15, -0.1) is 0 Å². The largest absolute Gasteiger partial charge is 0.496 e. The van der Waals surface area contributed by atoms with Gasteiger partial charge in [-0.2, -0.15) is 10.2 Å². The molecule has 4 N–H and O–H groups in total. The van der Waals surface area contributed by atoms with Crippen LogP contribution in [0.1, 0.15) is 16.9 Å². The number of aliphatic hydroxyl groups excluding tert-OH is 1. The Hall–Kier alpha value is -4.99. The van der Waals surface area contributed by atoms with Gasteiger partial charge < -0.3 is 30.5 Å². The zero-order valence-corrected chi connectivity index (χ0v) is 25.4. The van der Waals surface area contributed by atoms with E-state index in [1.165, 1.54) is 42.5 Å². The number of aryl methyl sites for hydroxylation is 1. The molecule has 1 saturated heterocycles. The maximum absolute atomic E-state index is 16.0. The van der Waals surface area contributed by atoms with E-state index in [9.17, 15) is 9.90 Å². The van der Waals surface area contributed by atoms with Crippen LogP contribution in [0.5, 0.6) is 5.75 Å². The molecule has 15 heteroatoms. The van der Waals surface area contributed by atoms with Gasteiger partial charge in [0, 0.05) is 61.7 Å². The van der Waals surface area contributed by atoms with Gasteiger partial charge in [0.25, 0.3) is 5.91 Å². The molecule has 240 valence electrons. The minimum absolute atomic E-state index is 0.0352. The number of benzene rings is 2. The van der Waals surface area contributed by atoms with E-state index in [0.29, 0.717) is 42.8 Å². The lowest BCUT2D eigenvalue weighted by atomic mass is 10.0. The number of hydrogen-bond acceptors (Lipinski definition) is 10. The molecule has 6 rings (SSSR count). The Morgan fingerprint density at radius 2 is 2.02 bits per heavy atom. The summed E-state index contributed by atoms with van der Waals surface area (Å²) in [6.45, 7) is 0.780. The highest BCUT2D eigenvalue weighted by Crippen LogP contribution is 2.41. The van der Waals surface area contributed by atoms with Crippen molar-refractivity contribution in [1.29, 1.82) is 0 Å². The summed E-state index contributed by atoms with van der Waals surface area (Å²) in [5.41, 5.74) is 7.74. The van der Waals surface area contributed by atoms with Crippen molar-refractivity contribution in [3.63, 3.8) is 0 Å². The third-order valence-electron chi connectivity index (χ3n) is 8.00. The highest BCUT2D eigenvalue weighted by Gasteiger charge is 2.34. The molecule has 3 aromatic heterocycles. The first-order valence-electron chi connectivity index (χ1n) is 14.5. The zero-order valence-electron chi connectivity index (χ0n) is 25.4. The van der Waals surface area contributed by atoms with Gasteiger partial charge >= 0.3 is 0 Å². The molecule has 1 amide bonds. The second-order valence-corrected chi connectivity index (χ2v) is 11.0. The molecule has 0 unspecified atom stereocenters. The Morgan fingerprint density at radius 3 is 2.74 bits per heavy atom. The first-order valence-corrected chi connectivity index (χ1v) is 14.5. The molecule has 2 aromatic carbocycles. The van der Waals surface area contributed by atoms with E-state index in [-0.39, 0.29) is 58.3 Å². The van der Waals surface area contributed by atoms with Gasteiger partial charge in [0.1, 0.15) is 22.8 Å². The smallest absolute Gasteiger partial charge is 0.274 e. The van der Waals surface area contributed by atoms with Crippen LogP contribution in [-0.2, 0) is 18.3 Å². The number of hydrogen-bond donors (Lipinski definition) is 3. The van der Waals surface area contributed by atoms with Crippen LogP contribution in [0.4, 0.5) is 20.2 Å². The first kappa shape index (κ1) is 31.0. The molecular formula is C31H33F2N9O4. The van der Waals surface area contributed by atoms with E-state index in [1.54, 1.807) is 37.2 Å². The Balaban J connectivity index is 1.41. The van der Waals surface area contributed by atoms with Gasteiger partial charge in [0.15, 0.2) is 11.6 Å². The normalized spacial score (nSPS) is 16.4. The van der Waals surface area contributed by atoms with Crippen LogP contribution in [0.2, 0.25) is 0 Å². The number of ether oxygens (including phenoxy) is 2. The van der Waals surface area contributed by atoms with E-state index in [2.05, 4.69) is 25.5 Å². The number of carbonyl (C=O) groups is 1. The van der Waals surface area contributed by atoms with E-state index < -0.39 is 17.5 Å². The van der Waals surface area contributed by atoms with Gasteiger partial charge in [0.2, 0.25) is 0 Å². The molecule has 0 spiro atoms. The van der Waals surface area contributed by atoms with E-state index in [1.807, 2.05) is 4.90 Å². The van der Waals surface area contributed by atoms with Crippen LogP contribution in [0.3, 0.4) is 0 Å². The second-order valence-electron chi connectivity index (χ2n) is 11.0. The van der Waals surface area contributed by atoms with Crippen LogP contribution in [0.15, 0.2) is 49.1 Å². The molecular weight excluding hydrogens is 600 g/mol. The lowest BCUT2D eigenvalue weighted by Crippen LogP contribution is -2.34. The van der Waals surface area contributed by atoms with E-state index >= 15 is 8.78 Å². The fraction of sp³-hybridized carbons (Fsp3) is 0.323. The number of methoxy groups -OCH3 is 2. The van der Waals surface area contributed by atoms with Crippen molar-refractivity contribution in [2.24, 2.45) is 12.8 Å². The summed E-state index contributed by atoms with van der Waals surface area (Å²) < 4.78 is 45.3. The number of aromatic nitrogens is 6. The lowest BCUT2D eigenvalue weighted by Gasteiger charge is -2.28. The van der Waals surface area contributed by atoms with E-state index in [0.717, 1.165) is 0 Å². The minimum Gasteiger partial charge on any atom is -0.496 e. The number of nitrogens with zero attached hydrogens (tertiary/aromatic N) is 7. The quantitative estimate of drug-likeness (QED) is 0.209. The standard InChI is InChI=1S/C31H33F2N9O4/c1-40-14-17(12-36-40)20-4-5-25(46-3)26(27(20)33)30-35-7-6-23(38-30)31(44)39-24-11-22(32)28-21(13-37-42(28)8-9-45-2)29(24)41-15-18(34)10-19(41)16-43/h4-7,11-14,18-19,43H,8-10,15-16,34H2,1-3H3,(H,39,44)/t18-,19-/m0/s1. The average molecular weight is 634 g/mol. The predicted molar refractivity (Wildman–Crippen MR) is 167 cm³/mol. The third-order valence-corrected chi connectivity index (χ3v) is 8.00. The van der Waals surface area contributed by atoms with Gasteiger partial charge in [-0.05, 0) is 24.6 Å². The van der Waals surface area contributed by atoms with Crippen molar-refractivity contribution < 1.29 is 28.2 Å². The van der Waals surface area contributed by atoms with Crippen molar-refractivity contribution in [1.82, 2.24) is 29.5 Å². The van der Waals surface area contributed by atoms with Crippen molar-refractivity contribution in [3.8, 4) is 28.3 Å². The summed E-state index contributed by atoms with van der Waals surface area (Å²) in [4.78, 5) is 24.2. The van der Waals surface area contributed by atoms with E-state index in [4.69, 9.17) is 15.2 Å². The fourth-order valence-corrected chi connectivity index (χ4v) is 5.88. The molecule has 46 heavy (non-hydrogen) atoms. The Labute approximate surface area is 262 Å². The van der Waals surface area contributed by atoms with Gasteiger partial charge in [-0.3, -0.25) is 14.2 Å². The van der Waals surface area contributed by atoms with Crippen LogP contribution in [0, 0.1) is 11.6 Å². The lowest BCUT2D eigenvalue weighted by molar-refractivity contribution is 0.102. The number of nitrogens with two attached hydrogens (primary N) is 1. The fourth-order valence-electron chi connectivity index (χ4n) is 5.88. The summed E-state index contributed by atoms with van der Waals surface area (Å²) >= 11 is 0.